The van der Waals surface area contributed by atoms with E-state index < -0.39 is 6.04 Å². The van der Waals surface area contributed by atoms with Gasteiger partial charge in [-0.2, -0.15) is 0 Å². The molecule has 4 rings (SSSR count). The normalized spacial score (nSPS) is 15.6. The van der Waals surface area contributed by atoms with Crippen LogP contribution in [0.15, 0.2) is 71.2 Å². The highest BCUT2D eigenvalue weighted by atomic mass is 79.9. The van der Waals surface area contributed by atoms with Gasteiger partial charge in [0.15, 0.2) is 0 Å². The number of carbonyl (C=O) groups is 2. The predicted octanol–water partition coefficient (Wildman–Crippen LogP) is 4.71. The Balaban J connectivity index is 1.76. The summed E-state index contributed by atoms with van der Waals surface area (Å²) in [6.07, 6.45) is 0.123. The number of ether oxygens (including phenoxy) is 1. The zero-order valence-corrected chi connectivity index (χ0v) is 18.4. The Morgan fingerprint density at radius 2 is 1.84 bits per heavy atom. The van der Waals surface area contributed by atoms with E-state index in [0.29, 0.717) is 11.4 Å². The molecular formula is C24H20BrFN2O3. The van der Waals surface area contributed by atoms with Crippen molar-refractivity contribution in [3.8, 4) is 5.75 Å². The van der Waals surface area contributed by atoms with Crippen molar-refractivity contribution in [1.29, 1.82) is 0 Å². The lowest BCUT2D eigenvalue weighted by molar-refractivity contribution is -0.135. The molecule has 1 heterocycles. The Bertz CT molecular complexity index is 1120. The minimum atomic E-state index is -0.544. The molecule has 7 heteroatoms. The molecule has 0 saturated carbocycles. The molecule has 1 atom stereocenters. The minimum Gasteiger partial charge on any atom is -0.497 e. The van der Waals surface area contributed by atoms with Crippen LogP contribution < -0.4 is 10.1 Å². The van der Waals surface area contributed by atoms with Gasteiger partial charge in [-0.3, -0.25) is 9.59 Å². The van der Waals surface area contributed by atoms with Crippen LogP contribution in [0.5, 0.6) is 5.75 Å². The Labute approximate surface area is 188 Å². The summed E-state index contributed by atoms with van der Waals surface area (Å²) in [5, 5.41) is 2.88. The van der Waals surface area contributed by atoms with E-state index >= 15 is 0 Å². The second-order valence-corrected chi connectivity index (χ2v) is 8.20. The first kappa shape index (κ1) is 21.1. The molecule has 0 bridgehead atoms. The first-order valence-electron chi connectivity index (χ1n) is 9.72. The van der Waals surface area contributed by atoms with Crippen LogP contribution in [0.1, 0.15) is 22.7 Å². The molecule has 3 aromatic carbocycles. The van der Waals surface area contributed by atoms with Crippen molar-refractivity contribution in [2.75, 3.05) is 19.0 Å². The van der Waals surface area contributed by atoms with Gasteiger partial charge in [0.2, 0.25) is 11.8 Å². The molecule has 1 N–H and O–H groups in total. The lowest BCUT2D eigenvalue weighted by Gasteiger charge is -2.31. The second kappa shape index (κ2) is 8.89. The van der Waals surface area contributed by atoms with Crippen LogP contribution in [-0.4, -0.2) is 30.4 Å². The maximum atomic E-state index is 13.6. The molecular weight excluding hydrogens is 463 g/mol. The van der Waals surface area contributed by atoms with Gasteiger partial charge in [-0.15, -0.1) is 0 Å². The quantitative estimate of drug-likeness (QED) is 0.585. The molecule has 31 heavy (non-hydrogen) atoms. The first-order chi connectivity index (χ1) is 14.9. The molecule has 5 nitrogen and oxygen atoms in total. The molecule has 0 saturated heterocycles. The fraction of sp³-hybridized carbons (Fsp3) is 0.167. The van der Waals surface area contributed by atoms with Crippen molar-refractivity contribution in [1.82, 2.24) is 4.90 Å². The van der Waals surface area contributed by atoms with E-state index in [-0.39, 0.29) is 30.6 Å². The zero-order chi connectivity index (χ0) is 22.0. The maximum Gasteiger partial charge on any atom is 0.244 e. The fourth-order valence-electron chi connectivity index (χ4n) is 3.73. The number of fused-ring (bicyclic) bond motifs is 1. The van der Waals surface area contributed by atoms with E-state index in [0.717, 1.165) is 21.2 Å². The summed E-state index contributed by atoms with van der Waals surface area (Å²) in [7, 11) is 1.58. The van der Waals surface area contributed by atoms with Gasteiger partial charge in [-0.25, -0.2) is 4.39 Å². The minimum absolute atomic E-state index is 0.108. The third-order valence-electron chi connectivity index (χ3n) is 5.23. The Morgan fingerprint density at radius 3 is 2.52 bits per heavy atom. The number of hydrogen-bond donors (Lipinski definition) is 1. The number of amides is 2. The number of benzene rings is 3. The molecule has 2 amide bonds. The van der Waals surface area contributed by atoms with Crippen molar-refractivity contribution in [2.24, 2.45) is 0 Å². The van der Waals surface area contributed by atoms with E-state index in [9.17, 15) is 14.0 Å². The van der Waals surface area contributed by atoms with Gasteiger partial charge in [-0.1, -0.05) is 40.2 Å². The van der Waals surface area contributed by atoms with Crippen molar-refractivity contribution in [3.63, 3.8) is 0 Å². The largest absolute Gasteiger partial charge is 0.497 e. The molecule has 0 unspecified atom stereocenters. The molecule has 1 aliphatic heterocycles. The van der Waals surface area contributed by atoms with E-state index in [1.165, 1.54) is 12.1 Å². The number of carbonyl (C=O) groups excluding carboxylic acids is 2. The lowest BCUT2D eigenvalue weighted by Crippen LogP contribution is -2.39. The summed E-state index contributed by atoms with van der Waals surface area (Å²) in [4.78, 5) is 27.6. The molecule has 0 radical (unpaired) electrons. The second-order valence-electron chi connectivity index (χ2n) is 7.28. The summed E-state index contributed by atoms with van der Waals surface area (Å²) in [5.74, 6) is -0.149. The van der Waals surface area contributed by atoms with Crippen molar-refractivity contribution < 1.29 is 18.7 Å². The van der Waals surface area contributed by atoms with Crippen LogP contribution in [0.4, 0.5) is 10.1 Å². The number of methoxy groups -OCH3 is 1. The van der Waals surface area contributed by atoms with Gasteiger partial charge in [0.25, 0.3) is 0 Å². The molecule has 0 spiro atoms. The first-order valence-corrected chi connectivity index (χ1v) is 10.5. The molecule has 0 aliphatic carbocycles. The van der Waals surface area contributed by atoms with Gasteiger partial charge in [0.1, 0.15) is 18.1 Å². The van der Waals surface area contributed by atoms with Crippen LogP contribution >= 0.6 is 15.9 Å². The lowest BCUT2D eigenvalue weighted by atomic mass is 9.95. The van der Waals surface area contributed by atoms with Crippen LogP contribution in [0.2, 0.25) is 0 Å². The van der Waals surface area contributed by atoms with Crippen LogP contribution in [-0.2, 0) is 16.0 Å². The average Bonchev–Trinajstić information content (AvgIpc) is 2.90. The SMILES string of the molecule is COc1ccc(CC(=O)N2CC(=O)Nc3ccc(Br)cc3[C@@H]2c2ccc(F)cc2)cc1. The van der Waals surface area contributed by atoms with E-state index in [1.807, 2.05) is 24.3 Å². The standard InChI is InChI=1S/C24H20BrFN2O3/c1-31-19-9-2-15(3-10-19)12-23(30)28-14-22(29)27-21-11-6-17(25)13-20(21)24(28)16-4-7-18(26)8-5-16/h2-11,13,24H,12,14H2,1H3,(H,27,29)/t24-/m0/s1. The van der Waals surface area contributed by atoms with E-state index in [1.54, 1.807) is 42.3 Å². The van der Waals surface area contributed by atoms with Gasteiger partial charge in [0, 0.05) is 15.7 Å². The fourth-order valence-corrected chi connectivity index (χ4v) is 4.11. The molecule has 3 aromatic rings. The Morgan fingerprint density at radius 1 is 1.13 bits per heavy atom. The highest BCUT2D eigenvalue weighted by molar-refractivity contribution is 9.10. The van der Waals surface area contributed by atoms with Gasteiger partial charge >= 0.3 is 0 Å². The van der Waals surface area contributed by atoms with Crippen LogP contribution in [0.3, 0.4) is 0 Å². The summed E-state index contributed by atoms with van der Waals surface area (Å²) in [6.45, 7) is -0.108. The number of nitrogens with zero attached hydrogens (tertiary/aromatic N) is 1. The molecule has 0 fully saturated rings. The monoisotopic (exact) mass is 482 g/mol. The molecule has 158 valence electrons. The van der Waals surface area contributed by atoms with Crippen LogP contribution in [0.25, 0.3) is 0 Å². The maximum absolute atomic E-state index is 13.6. The summed E-state index contributed by atoms with van der Waals surface area (Å²) in [6, 6.07) is 18.2. The summed E-state index contributed by atoms with van der Waals surface area (Å²) >= 11 is 3.48. The molecule has 1 aliphatic rings. The van der Waals surface area contributed by atoms with Gasteiger partial charge in [0.05, 0.1) is 19.6 Å². The predicted molar refractivity (Wildman–Crippen MR) is 119 cm³/mol. The number of nitrogens with one attached hydrogen (secondary N) is 1. The summed E-state index contributed by atoms with van der Waals surface area (Å²) < 4.78 is 19.6. The van der Waals surface area contributed by atoms with Crippen molar-refractivity contribution >= 4 is 33.4 Å². The smallest absolute Gasteiger partial charge is 0.244 e. The van der Waals surface area contributed by atoms with Gasteiger partial charge < -0.3 is 15.0 Å². The number of hydrogen-bond acceptors (Lipinski definition) is 3. The zero-order valence-electron chi connectivity index (χ0n) is 16.8. The van der Waals surface area contributed by atoms with Crippen LogP contribution in [0, 0.1) is 5.82 Å². The third-order valence-corrected chi connectivity index (χ3v) is 5.72. The highest BCUT2D eigenvalue weighted by Crippen LogP contribution is 2.37. The van der Waals surface area contributed by atoms with Gasteiger partial charge in [-0.05, 0) is 53.6 Å². The Kier molecular flexibility index (Phi) is 6.04. The number of rotatable bonds is 4. The van der Waals surface area contributed by atoms with E-state index in [4.69, 9.17) is 4.74 Å². The van der Waals surface area contributed by atoms with Crippen molar-refractivity contribution in [3.05, 3.63) is 93.7 Å². The molecule has 0 aromatic heterocycles. The average molecular weight is 483 g/mol. The Hall–Kier alpha value is -3.19. The number of halogens is 2. The van der Waals surface area contributed by atoms with Crippen molar-refractivity contribution in [2.45, 2.75) is 12.5 Å². The summed E-state index contributed by atoms with van der Waals surface area (Å²) in [5.41, 5.74) is 2.92. The third kappa shape index (κ3) is 4.61. The highest BCUT2D eigenvalue weighted by Gasteiger charge is 2.33. The number of anilines is 1. The topological polar surface area (TPSA) is 58.6 Å². The van der Waals surface area contributed by atoms with E-state index in [2.05, 4.69) is 21.2 Å².